The van der Waals surface area contributed by atoms with Crippen molar-refractivity contribution < 1.29 is 9.59 Å². The number of nitrogens with one attached hydrogen (secondary N) is 3. The number of amides is 2. The van der Waals surface area contributed by atoms with E-state index in [0.29, 0.717) is 30.4 Å². The summed E-state index contributed by atoms with van der Waals surface area (Å²) in [5.41, 5.74) is 2.31. The normalized spacial score (nSPS) is 16.4. The van der Waals surface area contributed by atoms with Gasteiger partial charge in [-0.3, -0.25) is 9.59 Å². The molecule has 0 bridgehead atoms. The molecule has 0 aromatic heterocycles. The summed E-state index contributed by atoms with van der Waals surface area (Å²) in [6.45, 7) is 8.79. The SMILES string of the molecule is Cc1cc(C(=O)NCCC2CCNC2)ccc1NC(=O)CC(C)C.Cl. The van der Waals surface area contributed by atoms with Crippen molar-refractivity contribution in [2.75, 3.05) is 25.0 Å². The predicted octanol–water partition coefficient (Wildman–Crippen LogP) is 3.13. The fourth-order valence-corrected chi connectivity index (χ4v) is 2.97. The predicted molar refractivity (Wildman–Crippen MR) is 104 cm³/mol. The molecule has 0 aliphatic carbocycles. The number of hydrogen-bond acceptors (Lipinski definition) is 3. The minimum atomic E-state index is -0.0517. The third kappa shape index (κ3) is 7.04. The Balaban J connectivity index is 0.00000312. The Morgan fingerprint density at radius 1 is 1.32 bits per heavy atom. The van der Waals surface area contributed by atoms with Crippen LogP contribution < -0.4 is 16.0 Å². The highest BCUT2D eigenvalue weighted by Gasteiger charge is 2.15. The van der Waals surface area contributed by atoms with E-state index >= 15 is 0 Å². The molecule has 1 saturated heterocycles. The molecule has 1 aliphatic rings. The van der Waals surface area contributed by atoms with Crippen LogP contribution in [0.1, 0.15) is 49.0 Å². The molecule has 25 heavy (non-hydrogen) atoms. The van der Waals surface area contributed by atoms with Gasteiger partial charge in [0, 0.05) is 24.2 Å². The Kier molecular flexibility index (Phi) is 8.93. The summed E-state index contributed by atoms with van der Waals surface area (Å²) >= 11 is 0. The third-order valence-electron chi connectivity index (χ3n) is 4.36. The van der Waals surface area contributed by atoms with Gasteiger partial charge in [-0.1, -0.05) is 13.8 Å². The third-order valence-corrected chi connectivity index (χ3v) is 4.36. The molecule has 1 unspecified atom stereocenters. The Bertz CT molecular complexity index is 584. The van der Waals surface area contributed by atoms with E-state index in [0.717, 1.165) is 30.8 Å². The van der Waals surface area contributed by atoms with Gasteiger partial charge in [-0.05, 0) is 68.5 Å². The van der Waals surface area contributed by atoms with E-state index in [9.17, 15) is 9.59 Å². The van der Waals surface area contributed by atoms with Gasteiger partial charge in [-0.25, -0.2) is 0 Å². The molecular formula is C19H30ClN3O2. The number of halogens is 1. The van der Waals surface area contributed by atoms with Gasteiger partial charge in [-0.15, -0.1) is 12.4 Å². The van der Waals surface area contributed by atoms with Crippen LogP contribution in [0, 0.1) is 18.8 Å². The van der Waals surface area contributed by atoms with Gasteiger partial charge >= 0.3 is 0 Å². The van der Waals surface area contributed by atoms with E-state index in [4.69, 9.17) is 0 Å². The fraction of sp³-hybridized carbons (Fsp3) is 0.579. The van der Waals surface area contributed by atoms with E-state index < -0.39 is 0 Å². The maximum absolute atomic E-state index is 12.2. The average molecular weight is 368 g/mol. The lowest BCUT2D eigenvalue weighted by molar-refractivity contribution is -0.116. The summed E-state index contributed by atoms with van der Waals surface area (Å²) in [6, 6.07) is 5.41. The first kappa shape index (κ1) is 21.5. The van der Waals surface area contributed by atoms with Gasteiger partial charge < -0.3 is 16.0 Å². The van der Waals surface area contributed by atoms with E-state index in [1.54, 1.807) is 6.07 Å². The van der Waals surface area contributed by atoms with Crippen molar-refractivity contribution in [2.45, 2.75) is 40.0 Å². The lowest BCUT2D eigenvalue weighted by Crippen LogP contribution is -2.26. The Morgan fingerprint density at radius 2 is 2.08 bits per heavy atom. The zero-order valence-electron chi connectivity index (χ0n) is 15.4. The van der Waals surface area contributed by atoms with Crippen LogP contribution in [0.15, 0.2) is 18.2 Å². The molecule has 5 nitrogen and oxygen atoms in total. The summed E-state index contributed by atoms with van der Waals surface area (Å²) in [5, 5.41) is 9.23. The quantitative estimate of drug-likeness (QED) is 0.693. The molecule has 1 aromatic rings. The largest absolute Gasteiger partial charge is 0.352 e. The Hall–Kier alpha value is -1.59. The second-order valence-corrected chi connectivity index (χ2v) is 7.08. The molecule has 2 amide bonds. The minimum Gasteiger partial charge on any atom is -0.352 e. The van der Waals surface area contributed by atoms with Gasteiger partial charge in [0.1, 0.15) is 0 Å². The van der Waals surface area contributed by atoms with E-state index in [1.165, 1.54) is 6.42 Å². The van der Waals surface area contributed by atoms with Gasteiger partial charge in [0.25, 0.3) is 5.91 Å². The summed E-state index contributed by atoms with van der Waals surface area (Å²) in [5.74, 6) is 0.954. The van der Waals surface area contributed by atoms with E-state index in [-0.39, 0.29) is 24.2 Å². The summed E-state index contributed by atoms with van der Waals surface area (Å²) < 4.78 is 0. The number of hydrogen-bond donors (Lipinski definition) is 3. The molecular weight excluding hydrogens is 338 g/mol. The van der Waals surface area contributed by atoms with Crippen LogP contribution in [0.25, 0.3) is 0 Å². The van der Waals surface area contributed by atoms with Crippen LogP contribution in [0.4, 0.5) is 5.69 Å². The van der Waals surface area contributed by atoms with Crippen molar-refractivity contribution in [3.05, 3.63) is 29.3 Å². The second kappa shape index (κ2) is 10.4. The molecule has 1 atom stereocenters. The molecule has 1 fully saturated rings. The lowest BCUT2D eigenvalue weighted by atomic mass is 10.0. The number of carbonyl (C=O) groups excluding carboxylic acids is 2. The maximum atomic E-state index is 12.2. The molecule has 0 radical (unpaired) electrons. The Labute approximate surface area is 156 Å². The van der Waals surface area contributed by atoms with Crippen molar-refractivity contribution in [2.24, 2.45) is 11.8 Å². The van der Waals surface area contributed by atoms with Crippen molar-refractivity contribution >= 4 is 29.9 Å². The van der Waals surface area contributed by atoms with Crippen LogP contribution in [0.3, 0.4) is 0 Å². The monoisotopic (exact) mass is 367 g/mol. The number of rotatable bonds is 7. The zero-order chi connectivity index (χ0) is 17.5. The maximum Gasteiger partial charge on any atom is 0.251 e. The topological polar surface area (TPSA) is 70.2 Å². The second-order valence-electron chi connectivity index (χ2n) is 7.08. The van der Waals surface area contributed by atoms with Crippen LogP contribution in [-0.4, -0.2) is 31.4 Å². The van der Waals surface area contributed by atoms with Crippen molar-refractivity contribution in [3.8, 4) is 0 Å². The first-order valence-corrected chi connectivity index (χ1v) is 8.85. The fourth-order valence-electron chi connectivity index (χ4n) is 2.97. The van der Waals surface area contributed by atoms with Gasteiger partial charge in [0.2, 0.25) is 5.91 Å². The Morgan fingerprint density at radius 3 is 2.68 bits per heavy atom. The first-order chi connectivity index (χ1) is 11.5. The number of benzene rings is 1. The zero-order valence-corrected chi connectivity index (χ0v) is 16.2. The molecule has 6 heteroatoms. The molecule has 140 valence electrons. The van der Waals surface area contributed by atoms with Crippen LogP contribution in [0.5, 0.6) is 0 Å². The standard InChI is InChI=1S/C19H29N3O2.ClH/c1-13(2)10-18(23)22-17-5-4-16(11-14(17)3)19(24)21-9-7-15-6-8-20-12-15;/h4-5,11,13,15,20H,6-10,12H2,1-3H3,(H,21,24)(H,22,23);1H. The summed E-state index contributed by atoms with van der Waals surface area (Å²) in [7, 11) is 0. The van der Waals surface area contributed by atoms with E-state index in [2.05, 4.69) is 16.0 Å². The molecule has 3 N–H and O–H groups in total. The molecule has 0 saturated carbocycles. The lowest BCUT2D eigenvalue weighted by Gasteiger charge is -2.12. The van der Waals surface area contributed by atoms with Crippen molar-refractivity contribution in [3.63, 3.8) is 0 Å². The van der Waals surface area contributed by atoms with Gasteiger partial charge in [-0.2, -0.15) is 0 Å². The highest BCUT2D eigenvalue weighted by molar-refractivity contribution is 5.96. The van der Waals surface area contributed by atoms with Crippen molar-refractivity contribution in [1.82, 2.24) is 10.6 Å². The molecule has 1 aromatic carbocycles. The first-order valence-electron chi connectivity index (χ1n) is 8.85. The van der Waals surface area contributed by atoms with Crippen molar-refractivity contribution in [1.29, 1.82) is 0 Å². The summed E-state index contributed by atoms with van der Waals surface area (Å²) in [6.07, 6.45) is 2.71. The minimum absolute atomic E-state index is 0. The van der Waals surface area contributed by atoms with Crippen LogP contribution >= 0.6 is 12.4 Å². The summed E-state index contributed by atoms with van der Waals surface area (Å²) in [4.78, 5) is 24.1. The molecule has 2 rings (SSSR count). The van der Waals surface area contributed by atoms with E-state index in [1.807, 2.05) is 32.9 Å². The van der Waals surface area contributed by atoms with Crippen LogP contribution in [0.2, 0.25) is 0 Å². The number of anilines is 1. The average Bonchev–Trinajstić information content (AvgIpc) is 3.01. The molecule has 1 heterocycles. The molecule has 0 spiro atoms. The van der Waals surface area contributed by atoms with Gasteiger partial charge in [0.05, 0.1) is 0 Å². The highest BCUT2D eigenvalue weighted by atomic mass is 35.5. The highest BCUT2D eigenvalue weighted by Crippen LogP contribution is 2.18. The van der Waals surface area contributed by atoms with Crippen LogP contribution in [-0.2, 0) is 4.79 Å². The smallest absolute Gasteiger partial charge is 0.251 e. The number of carbonyl (C=O) groups is 2. The van der Waals surface area contributed by atoms with Gasteiger partial charge in [0.15, 0.2) is 0 Å². The molecule has 1 aliphatic heterocycles. The number of aryl methyl sites for hydroxylation is 1.